The highest BCUT2D eigenvalue weighted by atomic mass is 16.5. The van der Waals surface area contributed by atoms with Gasteiger partial charge < -0.3 is 15.4 Å². The maximum Gasteiger partial charge on any atom is 0.234 e. The van der Waals surface area contributed by atoms with Gasteiger partial charge in [0.15, 0.2) is 0 Å². The van der Waals surface area contributed by atoms with E-state index in [0.29, 0.717) is 25.0 Å². The van der Waals surface area contributed by atoms with Crippen LogP contribution in [0.25, 0.3) is 0 Å². The molecule has 1 aromatic heterocycles. The molecule has 1 aliphatic rings. The van der Waals surface area contributed by atoms with Crippen LogP contribution in [-0.2, 0) is 11.3 Å². The molecule has 2 N–H and O–H groups in total. The van der Waals surface area contributed by atoms with E-state index in [1.807, 2.05) is 12.1 Å². The number of rotatable bonds is 6. The Balaban J connectivity index is 1.66. The number of ether oxygens (including phenoxy) is 1. The quantitative estimate of drug-likeness (QED) is 0.787. The summed E-state index contributed by atoms with van der Waals surface area (Å²) in [6, 6.07) is 4.13. The van der Waals surface area contributed by atoms with Crippen molar-refractivity contribution in [2.45, 2.75) is 51.1 Å². The standard InChI is InChI=1S/C16H25N3O2/c1-21-16-9-8-13(11-18-16)10-17-12-15(20)19-14-6-4-2-3-5-7-14/h8-9,11,14,17H,2-7,10,12H2,1H3,(H,19,20). The largest absolute Gasteiger partial charge is 0.481 e. The molecule has 1 aromatic rings. The first-order valence-electron chi connectivity index (χ1n) is 7.77. The molecular weight excluding hydrogens is 266 g/mol. The van der Waals surface area contributed by atoms with Gasteiger partial charge >= 0.3 is 0 Å². The van der Waals surface area contributed by atoms with E-state index in [1.165, 1.54) is 25.7 Å². The van der Waals surface area contributed by atoms with Crippen LogP contribution >= 0.6 is 0 Å². The van der Waals surface area contributed by atoms with Crippen molar-refractivity contribution in [2.24, 2.45) is 0 Å². The zero-order chi connectivity index (χ0) is 14.9. The van der Waals surface area contributed by atoms with Gasteiger partial charge in [-0.3, -0.25) is 4.79 Å². The molecule has 0 unspecified atom stereocenters. The normalized spacial score (nSPS) is 16.2. The smallest absolute Gasteiger partial charge is 0.234 e. The van der Waals surface area contributed by atoms with Crippen LogP contribution in [0.5, 0.6) is 5.88 Å². The molecule has 21 heavy (non-hydrogen) atoms. The van der Waals surface area contributed by atoms with Gasteiger partial charge in [0.2, 0.25) is 11.8 Å². The lowest BCUT2D eigenvalue weighted by Crippen LogP contribution is -2.40. The van der Waals surface area contributed by atoms with Crippen LogP contribution in [0.1, 0.15) is 44.1 Å². The second kappa shape index (κ2) is 8.62. The Bertz CT molecular complexity index is 426. The van der Waals surface area contributed by atoms with Crippen molar-refractivity contribution < 1.29 is 9.53 Å². The van der Waals surface area contributed by atoms with Gasteiger partial charge in [-0.1, -0.05) is 31.7 Å². The van der Waals surface area contributed by atoms with Crippen LogP contribution in [0.2, 0.25) is 0 Å². The summed E-state index contributed by atoms with van der Waals surface area (Å²) in [4.78, 5) is 16.0. The molecule has 0 radical (unpaired) electrons. The Morgan fingerprint density at radius 1 is 1.29 bits per heavy atom. The van der Waals surface area contributed by atoms with Crippen molar-refractivity contribution in [1.82, 2.24) is 15.6 Å². The molecule has 1 heterocycles. The van der Waals surface area contributed by atoms with Crippen molar-refractivity contribution in [3.63, 3.8) is 0 Å². The minimum Gasteiger partial charge on any atom is -0.481 e. The van der Waals surface area contributed by atoms with Crippen LogP contribution in [-0.4, -0.2) is 30.6 Å². The second-order valence-electron chi connectivity index (χ2n) is 5.57. The van der Waals surface area contributed by atoms with Crippen LogP contribution in [0.3, 0.4) is 0 Å². The summed E-state index contributed by atoms with van der Waals surface area (Å²) in [5.74, 6) is 0.688. The Hall–Kier alpha value is -1.62. The first-order chi connectivity index (χ1) is 10.3. The maximum absolute atomic E-state index is 11.9. The molecule has 1 fully saturated rings. The number of amides is 1. The summed E-state index contributed by atoms with van der Waals surface area (Å²) in [7, 11) is 1.60. The summed E-state index contributed by atoms with van der Waals surface area (Å²) in [6.07, 6.45) is 9.06. The van der Waals surface area contributed by atoms with Gasteiger partial charge in [0, 0.05) is 24.8 Å². The van der Waals surface area contributed by atoms with E-state index in [1.54, 1.807) is 13.3 Å². The van der Waals surface area contributed by atoms with Crippen LogP contribution < -0.4 is 15.4 Å². The molecule has 0 bridgehead atoms. The Morgan fingerprint density at radius 2 is 2.05 bits per heavy atom. The number of hydrogen-bond acceptors (Lipinski definition) is 4. The fourth-order valence-corrected chi connectivity index (χ4v) is 2.66. The lowest BCUT2D eigenvalue weighted by atomic mass is 10.1. The van der Waals surface area contributed by atoms with Gasteiger partial charge in [0.25, 0.3) is 0 Å². The van der Waals surface area contributed by atoms with Crippen molar-refractivity contribution in [3.8, 4) is 5.88 Å². The van der Waals surface area contributed by atoms with Crippen LogP contribution in [0.15, 0.2) is 18.3 Å². The number of pyridine rings is 1. The first kappa shape index (κ1) is 15.8. The van der Waals surface area contributed by atoms with E-state index in [2.05, 4.69) is 15.6 Å². The van der Waals surface area contributed by atoms with Crippen molar-refractivity contribution in [1.29, 1.82) is 0 Å². The summed E-state index contributed by atoms with van der Waals surface area (Å²) >= 11 is 0. The van der Waals surface area contributed by atoms with E-state index >= 15 is 0 Å². The number of aromatic nitrogens is 1. The topological polar surface area (TPSA) is 63.2 Å². The summed E-state index contributed by atoms with van der Waals surface area (Å²) in [5.41, 5.74) is 1.04. The van der Waals surface area contributed by atoms with Crippen molar-refractivity contribution in [2.75, 3.05) is 13.7 Å². The SMILES string of the molecule is COc1ccc(CNCC(=O)NC2CCCCCC2)cn1. The predicted molar refractivity (Wildman–Crippen MR) is 82.1 cm³/mol. The number of nitrogens with zero attached hydrogens (tertiary/aromatic N) is 1. The van der Waals surface area contributed by atoms with Gasteiger partial charge in [0.1, 0.15) is 0 Å². The highest BCUT2D eigenvalue weighted by Gasteiger charge is 2.14. The Morgan fingerprint density at radius 3 is 2.67 bits per heavy atom. The molecule has 0 aromatic carbocycles. The van der Waals surface area contributed by atoms with Gasteiger partial charge in [-0.2, -0.15) is 0 Å². The van der Waals surface area contributed by atoms with E-state index < -0.39 is 0 Å². The molecule has 5 heteroatoms. The molecule has 0 atom stereocenters. The van der Waals surface area contributed by atoms with Crippen LogP contribution in [0.4, 0.5) is 0 Å². The predicted octanol–water partition coefficient (Wildman–Crippen LogP) is 2.02. The highest BCUT2D eigenvalue weighted by molar-refractivity contribution is 5.78. The van der Waals surface area contributed by atoms with Gasteiger partial charge in [-0.15, -0.1) is 0 Å². The number of methoxy groups -OCH3 is 1. The van der Waals surface area contributed by atoms with Crippen molar-refractivity contribution >= 4 is 5.91 Å². The fraction of sp³-hybridized carbons (Fsp3) is 0.625. The van der Waals surface area contributed by atoms with E-state index in [0.717, 1.165) is 18.4 Å². The average Bonchev–Trinajstić information content (AvgIpc) is 2.76. The molecular formula is C16H25N3O2. The molecule has 116 valence electrons. The number of carbonyl (C=O) groups is 1. The molecule has 1 aliphatic carbocycles. The number of carbonyl (C=O) groups excluding carboxylic acids is 1. The molecule has 0 saturated heterocycles. The minimum absolute atomic E-state index is 0.0865. The third kappa shape index (κ3) is 5.71. The Labute approximate surface area is 126 Å². The molecule has 1 amide bonds. The lowest BCUT2D eigenvalue weighted by Gasteiger charge is -2.16. The van der Waals surface area contributed by atoms with Gasteiger partial charge in [-0.05, 0) is 18.4 Å². The van der Waals surface area contributed by atoms with E-state index in [9.17, 15) is 4.79 Å². The molecule has 2 rings (SSSR count). The fourth-order valence-electron chi connectivity index (χ4n) is 2.66. The van der Waals surface area contributed by atoms with E-state index in [-0.39, 0.29) is 5.91 Å². The Kier molecular flexibility index (Phi) is 6.47. The van der Waals surface area contributed by atoms with Gasteiger partial charge in [0.05, 0.1) is 13.7 Å². The zero-order valence-corrected chi connectivity index (χ0v) is 12.7. The minimum atomic E-state index is 0.0865. The van der Waals surface area contributed by atoms with Crippen molar-refractivity contribution in [3.05, 3.63) is 23.9 Å². The van der Waals surface area contributed by atoms with Gasteiger partial charge in [-0.25, -0.2) is 4.98 Å². The summed E-state index contributed by atoms with van der Waals surface area (Å²) < 4.78 is 5.01. The number of hydrogen-bond donors (Lipinski definition) is 2. The first-order valence-corrected chi connectivity index (χ1v) is 7.77. The third-order valence-electron chi connectivity index (χ3n) is 3.84. The summed E-state index contributed by atoms with van der Waals surface area (Å²) in [5, 5.41) is 6.28. The molecule has 1 saturated carbocycles. The maximum atomic E-state index is 11.9. The summed E-state index contributed by atoms with van der Waals surface area (Å²) in [6.45, 7) is 0.984. The second-order valence-corrected chi connectivity index (χ2v) is 5.57. The lowest BCUT2D eigenvalue weighted by molar-refractivity contribution is -0.121. The monoisotopic (exact) mass is 291 g/mol. The molecule has 0 spiro atoms. The molecule has 5 nitrogen and oxygen atoms in total. The van der Waals surface area contributed by atoms with Crippen LogP contribution in [0, 0.1) is 0 Å². The van der Waals surface area contributed by atoms with E-state index in [4.69, 9.17) is 4.74 Å². The highest BCUT2D eigenvalue weighted by Crippen LogP contribution is 2.16. The zero-order valence-electron chi connectivity index (χ0n) is 12.7. The molecule has 0 aliphatic heterocycles. The average molecular weight is 291 g/mol. The third-order valence-corrected chi connectivity index (χ3v) is 3.84. The number of nitrogens with one attached hydrogen (secondary N) is 2.